The molecule has 3 aliphatic heterocycles. The van der Waals surface area contributed by atoms with Gasteiger partial charge >= 0.3 is 12.2 Å². The first-order chi connectivity index (χ1) is 28.4. The standard InChI is InChI=1S/C10H19NO2.C9H15NO2.C9H19N.C8H15N.C8H19N.C6H13N/c1-6-7-13-10(12)11(8(2)3)9(4)5;1-2-8-12-9(11)10-6-4-3-5-7-10;1-6-7-10(8(2)3)9(4)5;1-2-6-9-7-4-3-5-8-9;1-6-9(7(2)3)8(4)5;1-7-5-3-2-4-6-7/h6,8-9H,1,7H2,2-5H3;2H,1,3-8H2;6,8-9H,1,7H2,2-5H3;2H,1,3-8H2;7-8H,6H2,1-5H3;2-6H2,1H3. The number of carbonyl (C=O) groups excluding carboxylic acids is 2. The van der Waals surface area contributed by atoms with Crippen LogP contribution in [-0.2, 0) is 9.47 Å². The van der Waals surface area contributed by atoms with E-state index in [1.165, 1.54) is 71.1 Å². The number of ether oxygens (including phenoxy) is 2. The highest BCUT2D eigenvalue weighted by Crippen LogP contribution is 2.11. The van der Waals surface area contributed by atoms with Gasteiger partial charge in [0.25, 0.3) is 0 Å². The van der Waals surface area contributed by atoms with Crippen LogP contribution in [0.15, 0.2) is 50.6 Å². The molecule has 3 heterocycles. The van der Waals surface area contributed by atoms with Crippen LogP contribution in [0.2, 0.25) is 0 Å². The van der Waals surface area contributed by atoms with E-state index < -0.39 is 0 Å². The largest absolute Gasteiger partial charge is 0.445 e. The topological polar surface area (TPSA) is 72.0 Å². The Hall–Kier alpha value is -2.66. The van der Waals surface area contributed by atoms with E-state index in [1.54, 1.807) is 22.0 Å². The van der Waals surface area contributed by atoms with E-state index in [1.807, 2.05) is 39.8 Å². The number of carbonyl (C=O) groups is 2. The lowest BCUT2D eigenvalue weighted by Crippen LogP contribution is -2.42. The summed E-state index contributed by atoms with van der Waals surface area (Å²) in [4.78, 5) is 35.8. The first-order valence-corrected chi connectivity index (χ1v) is 23.6. The van der Waals surface area contributed by atoms with E-state index in [9.17, 15) is 9.59 Å². The van der Waals surface area contributed by atoms with Gasteiger partial charge in [-0.15, -0.1) is 13.2 Å². The lowest BCUT2D eigenvalue weighted by molar-refractivity contribution is 0.0875. The average molecular weight is 849 g/mol. The zero-order valence-electron chi connectivity index (χ0n) is 42.1. The number of nitrogens with zero attached hydrogens (tertiary/aromatic N) is 6. The first kappa shape index (κ1) is 61.6. The van der Waals surface area contributed by atoms with Crippen molar-refractivity contribution in [2.24, 2.45) is 0 Å². The van der Waals surface area contributed by atoms with Gasteiger partial charge in [-0.2, -0.15) is 0 Å². The lowest BCUT2D eigenvalue weighted by Gasteiger charge is -2.29. The van der Waals surface area contributed by atoms with Gasteiger partial charge in [0.1, 0.15) is 13.2 Å². The molecule has 2 amide bonds. The maximum absolute atomic E-state index is 11.4. The summed E-state index contributed by atoms with van der Waals surface area (Å²) < 4.78 is 9.84. The van der Waals surface area contributed by atoms with Gasteiger partial charge in [-0.25, -0.2) is 9.59 Å². The molecule has 0 aromatic carbocycles. The molecule has 60 heavy (non-hydrogen) atoms. The average Bonchev–Trinajstić information content (AvgIpc) is 3.20. The SMILES string of the molecule is C=CCN(C(C)C)C(C)C.C=CCN1CCCCC1.C=CCOC(=O)N(C(C)C)C(C)C.C=CCOC(=O)N1CCCCC1.CCN(C(C)C)C(C)C.CN1CCCCC1. The molecule has 0 aromatic heterocycles. The van der Waals surface area contributed by atoms with E-state index in [4.69, 9.17) is 9.47 Å². The lowest BCUT2D eigenvalue weighted by atomic mass is 10.1. The smallest absolute Gasteiger partial charge is 0.410 e. The third kappa shape index (κ3) is 34.0. The Bertz CT molecular complexity index is 1020. The van der Waals surface area contributed by atoms with Gasteiger partial charge in [0.05, 0.1) is 0 Å². The highest BCUT2D eigenvalue weighted by atomic mass is 16.6. The van der Waals surface area contributed by atoms with Crippen LogP contribution >= 0.6 is 0 Å². The summed E-state index contributed by atoms with van der Waals surface area (Å²) in [7, 11) is 2.19. The molecule has 3 rings (SSSR count). The van der Waals surface area contributed by atoms with E-state index in [-0.39, 0.29) is 30.9 Å². The molecule has 0 radical (unpaired) electrons. The summed E-state index contributed by atoms with van der Waals surface area (Å²) in [6.07, 6.45) is 18.5. The second-order valence-electron chi connectivity index (χ2n) is 17.6. The minimum absolute atomic E-state index is 0.164. The van der Waals surface area contributed by atoms with Crippen molar-refractivity contribution in [3.05, 3.63) is 50.6 Å². The quantitative estimate of drug-likeness (QED) is 0.151. The molecular formula is C50H100N6O4. The molecule has 0 spiro atoms. The molecule has 3 aliphatic rings. The van der Waals surface area contributed by atoms with Crippen LogP contribution in [0.1, 0.15) is 148 Å². The van der Waals surface area contributed by atoms with Gasteiger partial charge in [0.2, 0.25) is 0 Å². The van der Waals surface area contributed by atoms with Crippen LogP contribution in [-0.4, -0.2) is 157 Å². The van der Waals surface area contributed by atoms with Crippen molar-refractivity contribution in [1.29, 1.82) is 0 Å². The van der Waals surface area contributed by atoms with Crippen LogP contribution < -0.4 is 0 Å². The second-order valence-corrected chi connectivity index (χ2v) is 17.6. The van der Waals surface area contributed by atoms with Crippen LogP contribution in [0.25, 0.3) is 0 Å². The molecule has 3 fully saturated rings. The number of hydrogen-bond donors (Lipinski definition) is 0. The van der Waals surface area contributed by atoms with Crippen LogP contribution in [0, 0.1) is 0 Å². The molecule has 10 nitrogen and oxygen atoms in total. The Balaban J connectivity index is -0.000000656. The molecule has 3 saturated heterocycles. The Morgan fingerprint density at radius 2 is 0.933 bits per heavy atom. The minimum atomic E-state index is -0.273. The van der Waals surface area contributed by atoms with Crippen molar-refractivity contribution in [1.82, 2.24) is 29.4 Å². The van der Waals surface area contributed by atoms with E-state index in [2.05, 4.69) is 115 Å². The molecule has 0 aliphatic carbocycles. The predicted molar refractivity (Wildman–Crippen MR) is 262 cm³/mol. The molecule has 0 atom stereocenters. The van der Waals surface area contributed by atoms with Crippen molar-refractivity contribution in [3.63, 3.8) is 0 Å². The summed E-state index contributed by atoms with van der Waals surface area (Å²) >= 11 is 0. The summed E-state index contributed by atoms with van der Waals surface area (Å²) in [6.45, 7) is 53.0. The Morgan fingerprint density at radius 1 is 0.533 bits per heavy atom. The second kappa shape index (κ2) is 40.4. The van der Waals surface area contributed by atoms with Gasteiger partial charge in [-0.05, 0) is 168 Å². The number of piperidine rings is 3. The molecule has 0 unspecified atom stereocenters. The van der Waals surface area contributed by atoms with Gasteiger partial charge in [0.15, 0.2) is 0 Å². The zero-order valence-corrected chi connectivity index (χ0v) is 42.1. The summed E-state index contributed by atoms with van der Waals surface area (Å²) in [6, 6.07) is 2.95. The Morgan fingerprint density at radius 3 is 1.22 bits per heavy atom. The molecule has 354 valence electrons. The molecular weight excluding hydrogens is 749 g/mol. The molecule has 0 N–H and O–H groups in total. The first-order valence-electron chi connectivity index (χ1n) is 23.6. The predicted octanol–water partition coefficient (Wildman–Crippen LogP) is 11.4. The minimum Gasteiger partial charge on any atom is -0.445 e. The fraction of sp³-hybridized carbons (Fsp3) is 0.800. The highest BCUT2D eigenvalue weighted by molar-refractivity contribution is 5.68. The Labute approximate surface area is 373 Å². The number of hydrogen-bond acceptors (Lipinski definition) is 8. The summed E-state index contributed by atoms with van der Waals surface area (Å²) in [5, 5.41) is 0. The van der Waals surface area contributed by atoms with Crippen molar-refractivity contribution >= 4 is 12.2 Å². The van der Waals surface area contributed by atoms with Gasteiger partial charge in [0, 0.05) is 62.4 Å². The van der Waals surface area contributed by atoms with Crippen molar-refractivity contribution in [2.45, 2.75) is 184 Å². The van der Waals surface area contributed by atoms with Crippen LogP contribution in [0.4, 0.5) is 9.59 Å². The fourth-order valence-corrected chi connectivity index (χ4v) is 7.39. The van der Waals surface area contributed by atoms with Crippen LogP contribution in [0.5, 0.6) is 0 Å². The maximum Gasteiger partial charge on any atom is 0.410 e. The maximum atomic E-state index is 11.4. The summed E-state index contributed by atoms with van der Waals surface area (Å²) in [5.74, 6) is 0. The van der Waals surface area contributed by atoms with E-state index in [0.717, 1.165) is 45.6 Å². The monoisotopic (exact) mass is 849 g/mol. The fourth-order valence-electron chi connectivity index (χ4n) is 7.39. The number of rotatable bonds is 15. The highest BCUT2D eigenvalue weighted by Gasteiger charge is 2.21. The molecule has 10 heteroatoms. The van der Waals surface area contributed by atoms with Crippen molar-refractivity contribution < 1.29 is 19.1 Å². The zero-order chi connectivity index (χ0) is 46.5. The molecule has 0 saturated carbocycles. The van der Waals surface area contributed by atoms with E-state index in [0.29, 0.717) is 30.8 Å². The van der Waals surface area contributed by atoms with Gasteiger partial charge in [-0.1, -0.05) is 57.2 Å². The normalized spacial score (nSPS) is 15.6. The van der Waals surface area contributed by atoms with Gasteiger partial charge < -0.3 is 24.2 Å². The molecule has 0 aromatic rings. The van der Waals surface area contributed by atoms with Gasteiger partial charge in [-0.3, -0.25) is 14.7 Å². The van der Waals surface area contributed by atoms with Crippen molar-refractivity contribution in [3.8, 4) is 0 Å². The Kier molecular flexibility index (Phi) is 41.5. The third-order valence-electron chi connectivity index (χ3n) is 10.4. The summed E-state index contributed by atoms with van der Waals surface area (Å²) in [5.41, 5.74) is 0. The third-order valence-corrected chi connectivity index (χ3v) is 10.4. The van der Waals surface area contributed by atoms with E-state index >= 15 is 0 Å². The molecule has 0 bridgehead atoms. The number of likely N-dealkylation sites (tertiary alicyclic amines) is 3. The van der Waals surface area contributed by atoms with Crippen LogP contribution in [0.3, 0.4) is 0 Å². The van der Waals surface area contributed by atoms with Crippen molar-refractivity contribution in [2.75, 3.05) is 79.2 Å². The number of amides is 2.